The Morgan fingerprint density at radius 1 is 0.500 bits per heavy atom. The van der Waals surface area contributed by atoms with Crippen LogP contribution in [0.3, 0.4) is 0 Å². The van der Waals surface area contributed by atoms with Gasteiger partial charge in [0, 0.05) is 100 Å². The fourth-order valence-corrected chi connectivity index (χ4v) is 14.0. The highest BCUT2D eigenvalue weighted by Crippen LogP contribution is 2.31. The summed E-state index contributed by atoms with van der Waals surface area (Å²) in [5.74, 6) is 3.82. The van der Waals surface area contributed by atoms with Crippen molar-refractivity contribution in [2.45, 2.75) is 211 Å². The van der Waals surface area contributed by atoms with Gasteiger partial charge in [-0.25, -0.2) is 0 Å². The number of anilines is 9. The Hall–Kier alpha value is -9.20. The third-order valence-electron chi connectivity index (χ3n) is 20.1. The normalized spacial score (nSPS) is 20.7. The van der Waals surface area contributed by atoms with E-state index >= 15 is 0 Å². The first-order valence-corrected chi connectivity index (χ1v) is 36.3. The van der Waals surface area contributed by atoms with Crippen molar-refractivity contribution in [1.29, 1.82) is 0 Å². The molecule has 2 unspecified atom stereocenters. The van der Waals surface area contributed by atoms with Crippen LogP contribution in [0, 0.1) is 0 Å². The quantitative estimate of drug-likeness (QED) is 0.0171. The molecule has 6 heterocycles. The van der Waals surface area contributed by atoms with Crippen LogP contribution in [0.15, 0.2) is 117 Å². The molecule has 9 N–H and O–H groups in total. The Bertz CT molecular complexity index is 4010. The lowest BCUT2D eigenvalue weighted by Gasteiger charge is -2.33. The molecule has 4 aliphatic carbocycles. The average Bonchev–Trinajstić information content (AvgIpc) is 1.63. The number of aryl methyl sites for hydroxylation is 3. The Morgan fingerprint density at radius 3 is 1.41 bits per heavy atom. The van der Waals surface area contributed by atoms with E-state index in [9.17, 15) is 4.79 Å². The number of benzene rings is 2. The van der Waals surface area contributed by atoms with Gasteiger partial charge in [-0.2, -0.15) is 58.7 Å². The standard InChI is InChI=1S/C25H34N8O.C25H42N8.C25H34N8/c1-5-18-16-27-33-23(18)30-24(29-19-10-12-21(13-11-19)32(3)4)31-25(33)26-15-17-8-7-9-20(14-17)28-22(34)6-2;2*1-6-17(3)27-20-9-8-10-21(15-20)29-25-31-24(30-23-18(7-2)16-26-33(23)25)28-19-11-13-22(14-12-19)32(4)5/h6-9,14,16,19,21H,2,5,10-13,15H2,1,3-4H3,(H,28,34)(H2,26,29,30,31);16,19-22,27H,3,6-15H2,1-2,4-5H3,(H2,28,29,30,31);6,8-10,15-16,19,22,27H,1,3,7,11-14H2,2,4-5H3,(H2,28,29,30,31). The highest BCUT2D eigenvalue weighted by Gasteiger charge is 2.29. The molecule has 25 heteroatoms. The predicted molar refractivity (Wildman–Crippen MR) is 408 cm³/mol. The van der Waals surface area contributed by atoms with E-state index in [0.29, 0.717) is 78.7 Å². The van der Waals surface area contributed by atoms with E-state index in [0.717, 1.165) is 157 Å². The molecule has 0 radical (unpaired) electrons. The molecule has 1 amide bonds. The van der Waals surface area contributed by atoms with Gasteiger partial charge in [0.15, 0.2) is 16.9 Å². The molecule has 2 aromatic carbocycles. The van der Waals surface area contributed by atoms with Crippen molar-refractivity contribution < 1.29 is 4.79 Å². The Labute approximate surface area is 591 Å². The minimum atomic E-state index is -0.235. The van der Waals surface area contributed by atoms with Crippen molar-refractivity contribution in [2.24, 2.45) is 0 Å². The van der Waals surface area contributed by atoms with Crippen LogP contribution in [0.2, 0.25) is 0 Å². The predicted octanol–water partition coefficient (Wildman–Crippen LogP) is 12.7. The molecule has 25 nitrogen and oxygen atoms in total. The first-order chi connectivity index (χ1) is 48.4. The van der Waals surface area contributed by atoms with Gasteiger partial charge in [-0.1, -0.05) is 72.2 Å². The zero-order valence-corrected chi connectivity index (χ0v) is 60.9. The van der Waals surface area contributed by atoms with Gasteiger partial charge in [-0.05, 0) is 219 Å². The lowest BCUT2D eigenvalue weighted by atomic mass is 9.90. The fourth-order valence-electron chi connectivity index (χ4n) is 14.0. The van der Waals surface area contributed by atoms with E-state index in [1.165, 1.54) is 57.4 Å². The Balaban J connectivity index is 0.000000162. The zero-order valence-electron chi connectivity index (χ0n) is 60.9. The summed E-state index contributed by atoms with van der Waals surface area (Å²) in [6, 6.07) is 19.6. The van der Waals surface area contributed by atoms with E-state index < -0.39 is 0 Å². The molecule has 6 aromatic heterocycles. The maximum absolute atomic E-state index is 11.6. The van der Waals surface area contributed by atoms with Crippen LogP contribution in [0.25, 0.3) is 16.9 Å². The number of fused-ring (bicyclic) bond motifs is 3. The number of carbonyl (C=O) groups excluding carboxylic acids is 1. The van der Waals surface area contributed by atoms with E-state index in [1.807, 2.05) is 71.6 Å². The molecule has 8 aromatic rings. The molecule has 4 saturated carbocycles. The Morgan fingerprint density at radius 2 is 0.940 bits per heavy atom. The first-order valence-electron chi connectivity index (χ1n) is 36.3. The van der Waals surface area contributed by atoms with Gasteiger partial charge >= 0.3 is 0 Å². The SMILES string of the molecule is C=C(CC)NC1CCCC(Nc2nc(NC3CCC(N(C)C)CC3)nc3c(CC)cnn23)C1.C=CC(=C)Nc1cccc(Nc2nc(NC3CCC(N(C)C)CC3)nc3c(CC)cnn23)c1.C=CC(=O)Nc1cccc(CNc2nc(NC3CCC(N(C)C)CC3)nc3c(CC)cnn23)c1. The van der Waals surface area contributed by atoms with Crippen LogP contribution in [-0.2, 0) is 30.6 Å². The number of allylic oxidation sites excluding steroid dienone is 2. The van der Waals surface area contributed by atoms with Crippen molar-refractivity contribution in [1.82, 2.24) is 78.8 Å². The van der Waals surface area contributed by atoms with E-state index in [-0.39, 0.29) is 5.91 Å². The third-order valence-corrected chi connectivity index (χ3v) is 20.1. The second-order valence-electron chi connectivity index (χ2n) is 27.8. The lowest BCUT2D eigenvalue weighted by molar-refractivity contribution is -0.111. The minimum absolute atomic E-state index is 0.235. The summed E-state index contributed by atoms with van der Waals surface area (Å²) in [7, 11) is 13.0. The smallest absolute Gasteiger partial charge is 0.247 e. The van der Waals surface area contributed by atoms with Crippen molar-refractivity contribution in [3.8, 4) is 0 Å². The molecule has 100 heavy (non-hydrogen) atoms. The maximum atomic E-state index is 11.6. The summed E-state index contributed by atoms with van der Waals surface area (Å²) in [4.78, 5) is 47.6. The van der Waals surface area contributed by atoms with Gasteiger partial charge in [0.05, 0.1) is 18.6 Å². The van der Waals surface area contributed by atoms with Gasteiger partial charge in [-0.3, -0.25) is 4.79 Å². The van der Waals surface area contributed by atoms with E-state index in [1.54, 1.807) is 15.1 Å². The molecule has 0 spiro atoms. The van der Waals surface area contributed by atoms with Crippen molar-refractivity contribution in [3.05, 3.63) is 139 Å². The summed E-state index contributed by atoms with van der Waals surface area (Å²) in [5.41, 5.74) is 11.3. The summed E-state index contributed by atoms with van der Waals surface area (Å²) in [5, 5.41) is 44.6. The van der Waals surface area contributed by atoms with Gasteiger partial charge in [0.1, 0.15) is 0 Å². The highest BCUT2D eigenvalue weighted by molar-refractivity contribution is 5.98. The van der Waals surface area contributed by atoms with Gasteiger partial charge in [-0.15, -0.1) is 0 Å². The highest BCUT2D eigenvalue weighted by atomic mass is 16.1. The van der Waals surface area contributed by atoms with Crippen LogP contribution in [0.1, 0.15) is 159 Å². The molecule has 0 bridgehead atoms. The topological polar surface area (TPSA) is 264 Å². The summed E-state index contributed by atoms with van der Waals surface area (Å²) in [6.45, 7) is 24.3. The van der Waals surface area contributed by atoms with Crippen LogP contribution in [0.5, 0.6) is 0 Å². The first kappa shape index (κ1) is 73.5. The second kappa shape index (κ2) is 35.2. The van der Waals surface area contributed by atoms with Crippen LogP contribution in [0.4, 0.5) is 52.8 Å². The van der Waals surface area contributed by atoms with Crippen LogP contribution >= 0.6 is 0 Å². The van der Waals surface area contributed by atoms with Crippen molar-refractivity contribution >= 4 is 75.6 Å². The molecule has 2 atom stereocenters. The number of amides is 1. The number of aromatic nitrogens is 12. The Kier molecular flexibility index (Phi) is 25.9. The number of nitrogens with one attached hydrogen (secondary N) is 9. The van der Waals surface area contributed by atoms with Gasteiger partial charge in [0.25, 0.3) is 0 Å². The molecule has 12 rings (SSSR count). The molecule has 0 aliphatic heterocycles. The molecule has 4 fully saturated rings. The third kappa shape index (κ3) is 19.6. The number of rotatable bonds is 27. The number of nitrogens with zero attached hydrogens (tertiary/aromatic N) is 15. The second-order valence-corrected chi connectivity index (χ2v) is 27.8. The summed E-state index contributed by atoms with van der Waals surface area (Å²) >= 11 is 0. The number of hydrogen-bond acceptors (Lipinski definition) is 21. The minimum Gasteiger partial charge on any atom is -0.386 e. The molecular weight excluding hydrogens is 1250 g/mol. The molecule has 0 saturated heterocycles. The summed E-state index contributed by atoms with van der Waals surface area (Å²) in [6.07, 6.45) is 30.6. The monoisotopic (exact) mass is 1360 g/mol. The molecule has 4 aliphatic rings. The average molecular weight is 1360 g/mol. The largest absolute Gasteiger partial charge is 0.386 e. The number of carbonyl (C=O) groups is 1. The fraction of sp³-hybridized carbons (Fsp3) is 0.520. The van der Waals surface area contributed by atoms with E-state index in [2.05, 4.69) is 174 Å². The molecular formula is C75H110N24O. The molecule has 536 valence electrons. The van der Waals surface area contributed by atoms with Crippen molar-refractivity contribution in [3.63, 3.8) is 0 Å². The van der Waals surface area contributed by atoms with Gasteiger partial charge in [0.2, 0.25) is 41.6 Å². The van der Waals surface area contributed by atoms with Crippen LogP contribution in [-0.4, -0.2) is 170 Å². The zero-order chi connectivity index (χ0) is 70.8. The van der Waals surface area contributed by atoms with Crippen molar-refractivity contribution in [2.75, 3.05) is 84.8 Å². The van der Waals surface area contributed by atoms with Gasteiger partial charge < -0.3 is 62.6 Å². The number of hydrogen-bond donors (Lipinski definition) is 9. The lowest BCUT2D eigenvalue weighted by Crippen LogP contribution is -2.39. The summed E-state index contributed by atoms with van der Waals surface area (Å²) < 4.78 is 5.42. The maximum Gasteiger partial charge on any atom is 0.247 e. The van der Waals surface area contributed by atoms with E-state index in [4.69, 9.17) is 29.9 Å². The van der Waals surface area contributed by atoms with Crippen LogP contribution < -0.4 is 47.9 Å².